The maximum Gasteiger partial charge on any atom is 0.0558 e. The van der Waals surface area contributed by atoms with Crippen molar-refractivity contribution in [1.82, 2.24) is 4.90 Å². The van der Waals surface area contributed by atoms with Gasteiger partial charge in [0.2, 0.25) is 0 Å². The fourth-order valence-corrected chi connectivity index (χ4v) is 2.92. The first-order valence-electron chi connectivity index (χ1n) is 5.93. The van der Waals surface area contributed by atoms with Gasteiger partial charge in [0.25, 0.3) is 0 Å². The molecule has 3 N–H and O–H groups in total. The summed E-state index contributed by atoms with van der Waals surface area (Å²) in [5, 5.41) is 9.06. The van der Waals surface area contributed by atoms with E-state index in [2.05, 4.69) is 4.90 Å². The molecule has 0 amide bonds. The van der Waals surface area contributed by atoms with Crippen LogP contribution in [-0.2, 0) is 0 Å². The molecule has 2 fully saturated rings. The van der Waals surface area contributed by atoms with Crippen LogP contribution in [0, 0.1) is 0 Å². The number of nitrogens with two attached hydrogens (primary N) is 1. The minimum absolute atomic E-state index is 0.294. The molecule has 0 aliphatic heterocycles. The highest BCUT2D eigenvalue weighted by Gasteiger charge is 2.35. The quantitative estimate of drug-likeness (QED) is 0.699. The monoisotopic (exact) mass is 198 g/mol. The molecule has 0 heterocycles. The molecule has 14 heavy (non-hydrogen) atoms. The van der Waals surface area contributed by atoms with E-state index in [0.29, 0.717) is 18.7 Å². The summed E-state index contributed by atoms with van der Waals surface area (Å²) in [6, 6.07) is 1.82. The molecule has 0 atom stereocenters. The summed E-state index contributed by atoms with van der Waals surface area (Å²) < 4.78 is 0. The molecule has 0 spiro atoms. The van der Waals surface area contributed by atoms with Crippen LogP contribution >= 0.6 is 0 Å². The zero-order valence-corrected chi connectivity index (χ0v) is 8.86. The first kappa shape index (κ1) is 10.4. The smallest absolute Gasteiger partial charge is 0.0558 e. The molecule has 0 saturated heterocycles. The molecule has 0 aromatic carbocycles. The molecule has 2 aliphatic carbocycles. The number of hydrogen-bond donors (Lipinski definition) is 2. The van der Waals surface area contributed by atoms with E-state index in [0.717, 1.165) is 25.4 Å². The third kappa shape index (κ3) is 2.10. The van der Waals surface area contributed by atoms with Crippen LogP contribution in [0.15, 0.2) is 0 Å². The summed E-state index contributed by atoms with van der Waals surface area (Å²) in [4.78, 5) is 2.51. The Kier molecular flexibility index (Phi) is 3.42. The van der Waals surface area contributed by atoms with Crippen molar-refractivity contribution in [2.45, 2.75) is 56.7 Å². The molecular weight excluding hydrogens is 176 g/mol. The van der Waals surface area contributed by atoms with Crippen LogP contribution in [0.4, 0.5) is 0 Å². The van der Waals surface area contributed by atoms with Crippen molar-refractivity contribution in [3.63, 3.8) is 0 Å². The average molecular weight is 198 g/mol. The predicted octanol–water partition coefficient (Wildman–Crippen LogP) is 0.713. The van der Waals surface area contributed by atoms with E-state index < -0.39 is 0 Å². The van der Waals surface area contributed by atoms with E-state index in [4.69, 9.17) is 10.8 Å². The number of nitrogens with zero attached hydrogens (tertiary/aromatic N) is 1. The van der Waals surface area contributed by atoms with Crippen LogP contribution in [0.5, 0.6) is 0 Å². The lowest BCUT2D eigenvalue weighted by Gasteiger charge is -2.44. The second-order valence-corrected chi connectivity index (χ2v) is 4.79. The Morgan fingerprint density at radius 1 is 1.14 bits per heavy atom. The lowest BCUT2D eigenvalue weighted by molar-refractivity contribution is 0.0517. The molecule has 3 nitrogen and oxygen atoms in total. The van der Waals surface area contributed by atoms with E-state index in [9.17, 15) is 0 Å². The molecule has 2 saturated carbocycles. The van der Waals surface area contributed by atoms with Crippen LogP contribution in [0.2, 0.25) is 0 Å². The van der Waals surface area contributed by atoms with Gasteiger partial charge in [-0.3, -0.25) is 4.90 Å². The molecule has 2 rings (SSSR count). The Morgan fingerprint density at radius 2 is 1.79 bits per heavy atom. The largest absolute Gasteiger partial charge is 0.395 e. The fraction of sp³-hybridized carbons (Fsp3) is 1.00. The standard InChI is InChI=1S/C11H22N2O/c12-9-7-11(8-9)13(5-6-14)10-3-1-2-4-10/h9-11,14H,1-8,12H2. The average Bonchev–Trinajstić information content (AvgIpc) is 2.62. The van der Waals surface area contributed by atoms with Crippen LogP contribution in [0.3, 0.4) is 0 Å². The molecule has 82 valence electrons. The highest BCUT2D eigenvalue weighted by Crippen LogP contribution is 2.31. The highest BCUT2D eigenvalue weighted by atomic mass is 16.3. The van der Waals surface area contributed by atoms with E-state index >= 15 is 0 Å². The van der Waals surface area contributed by atoms with Gasteiger partial charge in [0, 0.05) is 24.7 Å². The topological polar surface area (TPSA) is 49.5 Å². The number of aliphatic hydroxyl groups excluding tert-OH is 1. The second kappa shape index (κ2) is 4.60. The minimum atomic E-state index is 0.294. The molecule has 0 bridgehead atoms. The second-order valence-electron chi connectivity index (χ2n) is 4.79. The fourth-order valence-electron chi connectivity index (χ4n) is 2.92. The summed E-state index contributed by atoms with van der Waals surface area (Å²) >= 11 is 0. The van der Waals surface area contributed by atoms with Gasteiger partial charge < -0.3 is 10.8 Å². The number of rotatable bonds is 4. The molecule has 0 unspecified atom stereocenters. The Balaban J connectivity index is 1.86. The Hall–Kier alpha value is -0.120. The third-order valence-electron chi connectivity index (χ3n) is 3.77. The molecule has 0 radical (unpaired) electrons. The van der Waals surface area contributed by atoms with Gasteiger partial charge in [0.1, 0.15) is 0 Å². The maximum atomic E-state index is 9.06. The number of hydrogen-bond acceptors (Lipinski definition) is 3. The van der Waals surface area contributed by atoms with E-state index in [1.54, 1.807) is 0 Å². The van der Waals surface area contributed by atoms with Gasteiger partial charge in [0.15, 0.2) is 0 Å². The van der Waals surface area contributed by atoms with Crippen LogP contribution in [0.25, 0.3) is 0 Å². The summed E-state index contributed by atoms with van der Waals surface area (Å²) in [5.41, 5.74) is 5.81. The Morgan fingerprint density at radius 3 is 2.29 bits per heavy atom. The first-order valence-corrected chi connectivity index (χ1v) is 5.93. The molecule has 3 heteroatoms. The van der Waals surface area contributed by atoms with Crippen molar-refractivity contribution in [3.05, 3.63) is 0 Å². The number of aliphatic hydroxyl groups is 1. The third-order valence-corrected chi connectivity index (χ3v) is 3.77. The van der Waals surface area contributed by atoms with E-state index in [1.807, 2.05) is 0 Å². The minimum Gasteiger partial charge on any atom is -0.395 e. The van der Waals surface area contributed by atoms with Crippen molar-refractivity contribution in [1.29, 1.82) is 0 Å². The van der Waals surface area contributed by atoms with Crippen molar-refractivity contribution >= 4 is 0 Å². The zero-order valence-electron chi connectivity index (χ0n) is 8.86. The molecule has 2 aliphatic rings. The maximum absolute atomic E-state index is 9.06. The summed E-state index contributed by atoms with van der Waals surface area (Å²) in [5.74, 6) is 0. The van der Waals surface area contributed by atoms with E-state index in [1.165, 1.54) is 25.7 Å². The lowest BCUT2D eigenvalue weighted by Crippen LogP contribution is -2.54. The van der Waals surface area contributed by atoms with Gasteiger partial charge in [-0.15, -0.1) is 0 Å². The normalized spacial score (nSPS) is 33.6. The van der Waals surface area contributed by atoms with Gasteiger partial charge in [-0.2, -0.15) is 0 Å². The van der Waals surface area contributed by atoms with Gasteiger partial charge >= 0.3 is 0 Å². The van der Waals surface area contributed by atoms with Crippen LogP contribution in [0.1, 0.15) is 38.5 Å². The molecule has 0 aromatic rings. The predicted molar refractivity (Wildman–Crippen MR) is 57.0 cm³/mol. The SMILES string of the molecule is NC1CC(N(CCO)C2CCCC2)C1. The summed E-state index contributed by atoms with van der Waals surface area (Å²) in [6.07, 6.45) is 7.65. The van der Waals surface area contributed by atoms with Gasteiger partial charge in [0.05, 0.1) is 6.61 Å². The van der Waals surface area contributed by atoms with Gasteiger partial charge in [-0.05, 0) is 25.7 Å². The zero-order chi connectivity index (χ0) is 9.97. The molecular formula is C11H22N2O. The van der Waals surface area contributed by atoms with Gasteiger partial charge in [-0.25, -0.2) is 0 Å². The molecule has 0 aromatic heterocycles. The Bertz CT molecular complexity index is 174. The van der Waals surface area contributed by atoms with Crippen LogP contribution < -0.4 is 5.73 Å². The van der Waals surface area contributed by atoms with E-state index in [-0.39, 0.29) is 0 Å². The Labute approximate surface area is 86.3 Å². The van der Waals surface area contributed by atoms with Crippen molar-refractivity contribution in [2.75, 3.05) is 13.2 Å². The van der Waals surface area contributed by atoms with Crippen molar-refractivity contribution in [2.24, 2.45) is 5.73 Å². The van der Waals surface area contributed by atoms with Crippen molar-refractivity contribution < 1.29 is 5.11 Å². The first-order chi connectivity index (χ1) is 6.81. The van der Waals surface area contributed by atoms with Gasteiger partial charge in [-0.1, -0.05) is 12.8 Å². The highest BCUT2D eigenvalue weighted by molar-refractivity contribution is 4.93. The lowest BCUT2D eigenvalue weighted by atomic mass is 9.85. The summed E-state index contributed by atoms with van der Waals surface area (Å²) in [6.45, 7) is 1.14. The van der Waals surface area contributed by atoms with Crippen LogP contribution in [-0.4, -0.2) is 41.3 Å². The summed E-state index contributed by atoms with van der Waals surface area (Å²) in [7, 11) is 0. The van der Waals surface area contributed by atoms with Crippen molar-refractivity contribution in [3.8, 4) is 0 Å².